The Morgan fingerprint density at radius 3 is 2.34 bits per heavy atom. The van der Waals surface area contributed by atoms with Crippen molar-refractivity contribution >= 4 is 39.9 Å². The Bertz CT molecular complexity index is 1020. The van der Waals surface area contributed by atoms with Crippen LogP contribution in [-0.4, -0.2) is 29.3 Å². The summed E-state index contributed by atoms with van der Waals surface area (Å²) in [5.74, 6) is -0.851. The van der Waals surface area contributed by atoms with Crippen molar-refractivity contribution in [3.63, 3.8) is 0 Å². The van der Waals surface area contributed by atoms with Crippen molar-refractivity contribution in [2.45, 2.75) is 32.7 Å². The Balaban J connectivity index is 1.63. The van der Waals surface area contributed by atoms with Gasteiger partial charge in [0.15, 0.2) is 5.13 Å². The molecule has 0 bridgehead atoms. The lowest BCUT2D eigenvalue weighted by molar-refractivity contribution is -0.125. The van der Waals surface area contributed by atoms with Crippen molar-refractivity contribution in [3.05, 3.63) is 77.3 Å². The molecule has 32 heavy (non-hydrogen) atoms. The van der Waals surface area contributed by atoms with E-state index in [1.165, 1.54) is 16.2 Å². The van der Waals surface area contributed by atoms with Gasteiger partial charge in [-0.05, 0) is 29.7 Å². The molecule has 1 aromatic heterocycles. The van der Waals surface area contributed by atoms with E-state index in [4.69, 9.17) is 0 Å². The first kappa shape index (κ1) is 23.1. The van der Waals surface area contributed by atoms with Gasteiger partial charge in [0.25, 0.3) is 0 Å². The summed E-state index contributed by atoms with van der Waals surface area (Å²) in [5.41, 5.74) is 2.74. The van der Waals surface area contributed by atoms with Gasteiger partial charge in [-0.2, -0.15) is 0 Å². The number of aryl methyl sites for hydroxylation is 1. The maximum atomic E-state index is 13.0. The van der Waals surface area contributed by atoms with Gasteiger partial charge in [0.2, 0.25) is 17.7 Å². The Kier molecular flexibility index (Phi) is 8.51. The molecule has 0 aliphatic carbocycles. The third kappa shape index (κ3) is 7.02. The van der Waals surface area contributed by atoms with Gasteiger partial charge in [-0.1, -0.05) is 49.4 Å². The molecule has 8 heteroatoms. The molecule has 3 aromatic rings. The van der Waals surface area contributed by atoms with Crippen LogP contribution in [-0.2, 0) is 27.3 Å². The van der Waals surface area contributed by atoms with Gasteiger partial charge in [-0.25, -0.2) is 4.98 Å². The number of hydrogen-bond donors (Lipinski definition) is 2. The molecule has 7 nitrogen and oxygen atoms in total. The van der Waals surface area contributed by atoms with Crippen LogP contribution in [0.3, 0.4) is 0 Å². The smallest absolute Gasteiger partial charge is 0.240 e. The summed E-state index contributed by atoms with van der Waals surface area (Å²) in [6.07, 6.45) is 2.47. The van der Waals surface area contributed by atoms with E-state index in [9.17, 15) is 14.4 Å². The second-order valence-corrected chi connectivity index (χ2v) is 8.04. The number of carbonyl (C=O) groups excluding carboxylic acids is 3. The second kappa shape index (κ2) is 11.8. The number of amides is 3. The summed E-state index contributed by atoms with van der Waals surface area (Å²) >= 11 is 1.31. The highest BCUT2D eigenvalue weighted by Gasteiger charge is 2.20. The van der Waals surface area contributed by atoms with Gasteiger partial charge in [-0.3, -0.25) is 14.4 Å². The number of nitrogens with zero attached hydrogens (tertiary/aromatic N) is 2. The van der Waals surface area contributed by atoms with Gasteiger partial charge in [0.1, 0.15) is 6.54 Å². The number of carbonyl (C=O) groups is 3. The van der Waals surface area contributed by atoms with Crippen molar-refractivity contribution in [3.8, 4) is 0 Å². The van der Waals surface area contributed by atoms with Crippen LogP contribution >= 0.6 is 11.3 Å². The molecule has 0 radical (unpaired) electrons. The lowest BCUT2D eigenvalue weighted by Crippen LogP contribution is -2.41. The molecule has 0 saturated carbocycles. The van der Waals surface area contributed by atoms with E-state index in [0.29, 0.717) is 17.4 Å². The van der Waals surface area contributed by atoms with Crippen LogP contribution in [0.25, 0.3) is 0 Å². The monoisotopic (exact) mass is 450 g/mol. The molecule has 3 amide bonds. The summed E-state index contributed by atoms with van der Waals surface area (Å²) in [7, 11) is 0. The topological polar surface area (TPSA) is 91.4 Å². The van der Waals surface area contributed by atoms with Crippen LogP contribution in [0.2, 0.25) is 0 Å². The van der Waals surface area contributed by atoms with Crippen molar-refractivity contribution in [1.29, 1.82) is 0 Å². The largest absolute Gasteiger partial charge is 0.350 e. The zero-order valence-corrected chi connectivity index (χ0v) is 18.7. The second-order valence-electron chi connectivity index (χ2n) is 7.15. The maximum absolute atomic E-state index is 13.0. The van der Waals surface area contributed by atoms with E-state index in [2.05, 4.69) is 22.5 Å². The van der Waals surface area contributed by atoms with Crippen molar-refractivity contribution in [1.82, 2.24) is 10.3 Å². The molecule has 0 aliphatic heterocycles. The summed E-state index contributed by atoms with van der Waals surface area (Å²) in [4.78, 5) is 43.1. The quantitative estimate of drug-likeness (QED) is 0.492. The third-order valence-electron chi connectivity index (χ3n) is 4.84. The molecule has 0 unspecified atom stereocenters. The van der Waals surface area contributed by atoms with Crippen molar-refractivity contribution in [2.24, 2.45) is 0 Å². The Morgan fingerprint density at radius 1 is 0.938 bits per heavy atom. The van der Waals surface area contributed by atoms with Crippen LogP contribution < -0.4 is 15.5 Å². The molecule has 166 valence electrons. The molecule has 0 aliphatic rings. The number of hydrogen-bond acceptors (Lipinski definition) is 5. The predicted molar refractivity (Wildman–Crippen MR) is 126 cm³/mol. The van der Waals surface area contributed by atoms with Crippen molar-refractivity contribution in [2.75, 3.05) is 16.8 Å². The van der Waals surface area contributed by atoms with E-state index in [1.54, 1.807) is 11.6 Å². The first-order chi connectivity index (χ1) is 15.5. The van der Waals surface area contributed by atoms with Crippen LogP contribution in [0.15, 0.2) is 66.2 Å². The van der Waals surface area contributed by atoms with Gasteiger partial charge < -0.3 is 15.5 Å². The van der Waals surface area contributed by atoms with Crippen LogP contribution in [0.5, 0.6) is 0 Å². The average molecular weight is 451 g/mol. The Morgan fingerprint density at radius 2 is 1.69 bits per heavy atom. The summed E-state index contributed by atoms with van der Waals surface area (Å²) in [6, 6.07) is 17.1. The van der Waals surface area contributed by atoms with E-state index in [-0.39, 0.29) is 37.1 Å². The Labute approximate surface area is 191 Å². The van der Waals surface area contributed by atoms with E-state index >= 15 is 0 Å². The SMILES string of the molecule is CCc1ccc(N(CC(=O)NCc2ccccc2)C(=O)CCC(=O)Nc2nccs2)cc1. The van der Waals surface area contributed by atoms with E-state index in [0.717, 1.165) is 17.5 Å². The standard InChI is InChI=1S/C24H26N4O3S/c1-2-18-8-10-20(11-9-18)28(17-22(30)26-16-19-6-4-3-5-7-19)23(31)13-12-21(29)27-24-25-14-15-32-24/h3-11,14-15H,2,12-13,16-17H2,1H3,(H,26,30)(H,25,27,29). The zero-order valence-electron chi connectivity index (χ0n) is 17.9. The molecule has 3 rings (SSSR count). The minimum Gasteiger partial charge on any atom is -0.350 e. The van der Waals surface area contributed by atoms with E-state index in [1.807, 2.05) is 54.6 Å². The highest BCUT2D eigenvalue weighted by atomic mass is 32.1. The number of nitrogens with one attached hydrogen (secondary N) is 2. The van der Waals surface area contributed by atoms with E-state index < -0.39 is 0 Å². The fourth-order valence-electron chi connectivity index (χ4n) is 3.05. The first-order valence-corrected chi connectivity index (χ1v) is 11.3. The molecule has 0 spiro atoms. The molecule has 0 saturated heterocycles. The van der Waals surface area contributed by atoms with Crippen LogP contribution in [0, 0.1) is 0 Å². The highest BCUT2D eigenvalue weighted by molar-refractivity contribution is 7.13. The normalized spacial score (nSPS) is 10.4. The minimum atomic E-state index is -0.293. The molecule has 0 fully saturated rings. The molecule has 2 aromatic carbocycles. The number of thiazole rings is 1. The summed E-state index contributed by atoms with van der Waals surface area (Å²) in [5, 5.41) is 7.78. The number of benzene rings is 2. The van der Waals surface area contributed by atoms with Gasteiger partial charge in [-0.15, -0.1) is 11.3 Å². The number of aromatic nitrogens is 1. The Hall–Kier alpha value is -3.52. The maximum Gasteiger partial charge on any atom is 0.240 e. The number of anilines is 2. The molecular formula is C24H26N4O3S. The van der Waals surface area contributed by atoms with Gasteiger partial charge in [0.05, 0.1) is 0 Å². The highest BCUT2D eigenvalue weighted by Crippen LogP contribution is 2.18. The molecule has 2 N–H and O–H groups in total. The molecular weight excluding hydrogens is 424 g/mol. The first-order valence-electron chi connectivity index (χ1n) is 10.4. The zero-order chi connectivity index (χ0) is 22.8. The minimum absolute atomic E-state index is 0.00753. The summed E-state index contributed by atoms with van der Waals surface area (Å²) < 4.78 is 0. The van der Waals surface area contributed by atoms with Crippen LogP contribution in [0.1, 0.15) is 30.9 Å². The fraction of sp³-hybridized carbons (Fsp3) is 0.250. The molecule has 1 heterocycles. The lowest BCUT2D eigenvalue weighted by Gasteiger charge is -2.23. The lowest BCUT2D eigenvalue weighted by atomic mass is 10.1. The molecule has 0 atom stereocenters. The van der Waals surface area contributed by atoms with Crippen LogP contribution in [0.4, 0.5) is 10.8 Å². The van der Waals surface area contributed by atoms with Gasteiger partial charge >= 0.3 is 0 Å². The fourth-order valence-corrected chi connectivity index (χ4v) is 3.60. The predicted octanol–water partition coefficient (Wildman–Crippen LogP) is 3.77. The average Bonchev–Trinajstić information content (AvgIpc) is 3.33. The van der Waals surface area contributed by atoms with Gasteiger partial charge in [0, 0.05) is 36.7 Å². The third-order valence-corrected chi connectivity index (χ3v) is 5.52. The number of rotatable bonds is 10. The summed E-state index contributed by atoms with van der Waals surface area (Å²) in [6.45, 7) is 2.31. The van der Waals surface area contributed by atoms with Crippen molar-refractivity contribution < 1.29 is 14.4 Å².